The van der Waals surface area contributed by atoms with Crippen molar-refractivity contribution in [2.75, 3.05) is 0 Å². The van der Waals surface area contributed by atoms with Crippen LogP contribution in [0.2, 0.25) is 0 Å². The Morgan fingerprint density at radius 3 is 2.64 bits per heavy atom. The van der Waals surface area contributed by atoms with Crippen molar-refractivity contribution in [1.82, 2.24) is 4.98 Å². The molecule has 3 rings (SSSR count). The van der Waals surface area contributed by atoms with Crippen LogP contribution in [0, 0.1) is 31.1 Å². The van der Waals surface area contributed by atoms with Crippen LogP contribution >= 0.6 is 11.8 Å². The summed E-state index contributed by atoms with van der Waals surface area (Å²) in [6.45, 7) is 1.78. The predicted molar refractivity (Wildman–Crippen MR) is 84.3 cm³/mol. The van der Waals surface area contributed by atoms with Crippen molar-refractivity contribution in [2.45, 2.75) is 38.4 Å². The van der Waals surface area contributed by atoms with Crippen LogP contribution in [0.5, 0.6) is 5.75 Å². The van der Waals surface area contributed by atoms with Gasteiger partial charge in [0.05, 0.1) is 17.2 Å². The normalized spacial score (nSPS) is 16.9. The molecule has 0 amide bonds. The first-order valence-electron chi connectivity index (χ1n) is 7.43. The Kier molecular flexibility index (Phi) is 4.21. The van der Waals surface area contributed by atoms with Gasteiger partial charge in [-0.2, -0.15) is 0 Å². The number of hydrogen-bond acceptors (Lipinski definition) is 5. The molecule has 2 aliphatic carbocycles. The third-order valence-electron chi connectivity index (χ3n) is 3.85. The minimum absolute atomic E-state index is 0.00231. The van der Waals surface area contributed by atoms with Crippen molar-refractivity contribution in [1.29, 1.82) is 0 Å². The van der Waals surface area contributed by atoms with Gasteiger partial charge in [-0.05, 0) is 32.6 Å². The Hall–Kier alpha value is -1.80. The van der Waals surface area contributed by atoms with Gasteiger partial charge in [-0.25, -0.2) is 0 Å². The molecular weight excluding hydrogens is 298 g/mol. The first-order valence-corrected chi connectivity index (χ1v) is 8.42. The second-order valence-corrected chi connectivity index (χ2v) is 6.77. The van der Waals surface area contributed by atoms with E-state index in [0.29, 0.717) is 22.8 Å². The zero-order valence-corrected chi connectivity index (χ0v) is 13.2. The number of aryl methyl sites for hydroxylation is 1. The van der Waals surface area contributed by atoms with Crippen molar-refractivity contribution in [2.24, 2.45) is 11.8 Å². The van der Waals surface area contributed by atoms with E-state index < -0.39 is 0 Å². The van der Waals surface area contributed by atoms with E-state index in [-0.39, 0.29) is 22.9 Å². The van der Waals surface area contributed by atoms with Crippen molar-refractivity contribution in [3.63, 3.8) is 0 Å². The summed E-state index contributed by atoms with van der Waals surface area (Å²) in [4.78, 5) is 28.1. The number of ether oxygens (including phenoxy) is 1. The highest BCUT2D eigenvalue weighted by Gasteiger charge is 2.33. The number of hydrogen-bond donors (Lipinski definition) is 0. The highest BCUT2D eigenvalue weighted by Crippen LogP contribution is 2.38. The maximum absolute atomic E-state index is 12.0. The summed E-state index contributed by atoms with van der Waals surface area (Å²) >= 11 is 1.25. The minimum Gasteiger partial charge on any atom is -0.424 e. The van der Waals surface area contributed by atoms with Gasteiger partial charge in [-0.1, -0.05) is 17.7 Å². The minimum atomic E-state index is -0.223. The molecule has 0 aromatic carbocycles. The van der Waals surface area contributed by atoms with Gasteiger partial charge in [0.2, 0.25) is 0 Å². The smallest absolute Gasteiger partial charge is 0.314 e. The molecule has 2 saturated carbocycles. The topological polar surface area (TPSA) is 56.3 Å². The molecule has 0 unspecified atom stereocenters. The van der Waals surface area contributed by atoms with Crippen LogP contribution in [0.3, 0.4) is 0 Å². The van der Waals surface area contributed by atoms with Gasteiger partial charge in [0.15, 0.2) is 10.9 Å². The first-order chi connectivity index (χ1) is 10.6. The lowest BCUT2D eigenvalue weighted by Crippen LogP contribution is -2.13. The lowest BCUT2D eigenvalue weighted by atomic mass is 10.1. The Balaban J connectivity index is 1.83. The summed E-state index contributed by atoms with van der Waals surface area (Å²) in [6, 6.07) is 0. The predicted octanol–water partition coefficient (Wildman–Crippen LogP) is 2.86. The highest BCUT2D eigenvalue weighted by atomic mass is 32.2. The first kappa shape index (κ1) is 15.1. The summed E-state index contributed by atoms with van der Waals surface area (Å²) in [6.07, 6.45) is 10.8. The van der Waals surface area contributed by atoms with Crippen molar-refractivity contribution in [3.05, 3.63) is 23.0 Å². The number of terminal acetylenes is 1. The van der Waals surface area contributed by atoms with Crippen LogP contribution < -0.4 is 4.74 Å². The molecule has 2 aliphatic rings. The van der Waals surface area contributed by atoms with E-state index in [4.69, 9.17) is 11.2 Å². The average molecular weight is 315 g/mol. The van der Waals surface area contributed by atoms with Gasteiger partial charge < -0.3 is 4.74 Å². The molecule has 0 atom stereocenters. The number of carbonyl (C=O) groups excluding carboxylic acids is 2. The molecule has 0 radical (unpaired) electrons. The number of pyridine rings is 1. The van der Waals surface area contributed by atoms with E-state index in [1.54, 1.807) is 13.1 Å². The summed E-state index contributed by atoms with van der Waals surface area (Å²) < 4.78 is 5.53. The standard InChI is InChI=1S/C17H17NO3S/c1-3-11-8-18-10(2)15(21-16(19)12-4-5-12)14(11)9-22-17(20)13-6-7-13/h1,8,12-13H,4-7,9H2,2H3. The second-order valence-electron chi connectivity index (χ2n) is 5.79. The molecule has 2 fully saturated rings. The lowest BCUT2D eigenvalue weighted by Gasteiger charge is -2.13. The summed E-state index contributed by atoms with van der Waals surface area (Å²) in [5.74, 6) is 3.40. The summed E-state index contributed by atoms with van der Waals surface area (Å²) in [7, 11) is 0. The van der Waals surface area contributed by atoms with E-state index in [1.807, 2.05) is 0 Å². The van der Waals surface area contributed by atoms with Crippen molar-refractivity contribution in [3.8, 4) is 18.1 Å². The van der Waals surface area contributed by atoms with Crippen molar-refractivity contribution < 1.29 is 14.3 Å². The number of carbonyl (C=O) groups is 2. The van der Waals surface area contributed by atoms with Crippen LogP contribution in [0.25, 0.3) is 0 Å². The largest absolute Gasteiger partial charge is 0.424 e. The Morgan fingerprint density at radius 1 is 1.36 bits per heavy atom. The fraction of sp³-hybridized carbons (Fsp3) is 0.471. The number of esters is 1. The molecule has 4 nitrogen and oxygen atoms in total. The number of rotatable bonds is 5. The molecule has 0 bridgehead atoms. The molecule has 0 saturated heterocycles. The van der Waals surface area contributed by atoms with Gasteiger partial charge >= 0.3 is 5.97 Å². The monoisotopic (exact) mass is 315 g/mol. The van der Waals surface area contributed by atoms with E-state index in [0.717, 1.165) is 31.2 Å². The Labute approximate surface area is 134 Å². The molecule has 0 spiro atoms. The molecule has 114 valence electrons. The molecular formula is C17H17NO3S. The van der Waals surface area contributed by atoms with Gasteiger partial charge in [-0.15, -0.1) is 6.42 Å². The van der Waals surface area contributed by atoms with Gasteiger partial charge in [-0.3, -0.25) is 14.6 Å². The average Bonchev–Trinajstić information content (AvgIpc) is 3.39. The molecule has 1 heterocycles. The van der Waals surface area contributed by atoms with Crippen LogP contribution in [-0.2, 0) is 15.3 Å². The van der Waals surface area contributed by atoms with Crippen molar-refractivity contribution >= 4 is 22.8 Å². The zero-order valence-electron chi connectivity index (χ0n) is 12.4. The number of thioether (sulfide) groups is 1. The lowest BCUT2D eigenvalue weighted by molar-refractivity contribution is -0.135. The molecule has 22 heavy (non-hydrogen) atoms. The van der Waals surface area contributed by atoms with Gasteiger partial charge in [0, 0.05) is 23.4 Å². The SMILES string of the molecule is C#Cc1cnc(C)c(OC(=O)C2CC2)c1CSC(=O)C1CC1. The molecule has 1 aromatic heterocycles. The summed E-state index contributed by atoms with van der Waals surface area (Å²) in [5.41, 5.74) is 1.94. The van der Waals surface area contributed by atoms with E-state index in [9.17, 15) is 9.59 Å². The van der Waals surface area contributed by atoms with Crippen LogP contribution in [0.15, 0.2) is 6.20 Å². The molecule has 0 N–H and O–H groups in total. The third kappa shape index (κ3) is 3.33. The fourth-order valence-electron chi connectivity index (χ4n) is 2.12. The zero-order chi connectivity index (χ0) is 15.7. The van der Waals surface area contributed by atoms with E-state index in [2.05, 4.69) is 10.9 Å². The number of aromatic nitrogens is 1. The van der Waals surface area contributed by atoms with Crippen LogP contribution in [0.1, 0.15) is 42.5 Å². The Morgan fingerprint density at radius 2 is 2.05 bits per heavy atom. The fourth-order valence-corrected chi connectivity index (χ4v) is 3.17. The number of nitrogens with zero attached hydrogens (tertiary/aromatic N) is 1. The van der Waals surface area contributed by atoms with E-state index >= 15 is 0 Å². The third-order valence-corrected chi connectivity index (χ3v) is 4.90. The van der Waals surface area contributed by atoms with Gasteiger partial charge in [0.25, 0.3) is 0 Å². The summed E-state index contributed by atoms with van der Waals surface area (Å²) in [5, 5.41) is 0.192. The maximum Gasteiger partial charge on any atom is 0.314 e. The molecule has 1 aromatic rings. The molecule has 0 aliphatic heterocycles. The van der Waals surface area contributed by atoms with Gasteiger partial charge in [0.1, 0.15) is 0 Å². The second kappa shape index (κ2) is 6.13. The quantitative estimate of drug-likeness (QED) is 0.618. The highest BCUT2D eigenvalue weighted by molar-refractivity contribution is 8.13. The molecule has 5 heteroatoms. The van der Waals surface area contributed by atoms with Crippen LogP contribution in [-0.4, -0.2) is 16.1 Å². The van der Waals surface area contributed by atoms with E-state index in [1.165, 1.54) is 11.8 Å². The maximum atomic E-state index is 12.0. The Bertz CT molecular complexity index is 669. The van der Waals surface area contributed by atoms with Crippen LogP contribution in [0.4, 0.5) is 0 Å².